The van der Waals surface area contributed by atoms with Crippen molar-refractivity contribution >= 4 is 23.2 Å². The van der Waals surface area contributed by atoms with E-state index >= 15 is 0 Å². The summed E-state index contributed by atoms with van der Waals surface area (Å²) in [5, 5.41) is 19.3. The lowest BCUT2D eigenvalue weighted by atomic mass is 9.99. The second-order valence-electron chi connectivity index (χ2n) is 5.51. The quantitative estimate of drug-likeness (QED) is 0.931. The first-order valence-corrected chi connectivity index (χ1v) is 7.01. The SMILES string of the molecule is CC(C)C[C@H]1[C@@H](O)CC(=O)N1c1ccc(C#N)c(Cl)c1. The molecule has 2 atom stereocenters. The Hall–Kier alpha value is -1.57. The monoisotopic (exact) mass is 292 g/mol. The number of carbonyl (C=O) groups excluding carboxylic acids is 1. The Bertz CT molecular complexity index is 565. The molecule has 20 heavy (non-hydrogen) atoms. The number of anilines is 1. The lowest BCUT2D eigenvalue weighted by Gasteiger charge is -2.28. The summed E-state index contributed by atoms with van der Waals surface area (Å²) in [7, 11) is 0. The van der Waals surface area contributed by atoms with Crippen LogP contribution >= 0.6 is 11.6 Å². The van der Waals surface area contributed by atoms with Crippen LogP contribution in [0.3, 0.4) is 0 Å². The zero-order chi connectivity index (χ0) is 14.9. The summed E-state index contributed by atoms with van der Waals surface area (Å²) in [6.07, 6.45) is 0.207. The van der Waals surface area contributed by atoms with Crippen molar-refractivity contribution in [3.05, 3.63) is 28.8 Å². The Morgan fingerprint density at radius 2 is 2.25 bits per heavy atom. The van der Waals surface area contributed by atoms with E-state index in [0.717, 1.165) is 6.42 Å². The molecule has 0 unspecified atom stereocenters. The molecule has 0 bridgehead atoms. The van der Waals surface area contributed by atoms with Gasteiger partial charge < -0.3 is 10.0 Å². The van der Waals surface area contributed by atoms with Crippen LogP contribution in [0, 0.1) is 17.2 Å². The molecule has 0 saturated carbocycles. The Morgan fingerprint density at radius 1 is 1.55 bits per heavy atom. The van der Waals surface area contributed by atoms with Crippen molar-refractivity contribution in [2.24, 2.45) is 5.92 Å². The van der Waals surface area contributed by atoms with Crippen LogP contribution in [0.5, 0.6) is 0 Å². The lowest BCUT2D eigenvalue weighted by molar-refractivity contribution is -0.117. The fourth-order valence-corrected chi connectivity index (χ4v) is 2.81. The highest BCUT2D eigenvalue weighted by molar-refractivity contribution is 6.32. The van der Waals surface area contributed by atoms with Gasteiger partial charge in [-0.25, -0.2) is 0 Å². The number of amides is 1. The van der Waals surface area contributed by atoms with E-state index in [9.17, 15) is 9.90 Å². The van der Waals surface area contributed by atoms with Crippen molar-refractivity contribution in [3.8, 4) is 6.07 Å². The van der Waals surface area contributed by atoms with E-state index in [1.54, 1.807) is 23.1 Å². The Labute approximate surface area is 123 Å². The van der Waals surface area contributed by atoms with E-state index in [1.165, 1.54) is 0 Å². The Balaban J connectivity index is 2.35. The van der Waals surface area contributed by atoms with Crippen LogP contribution in [0.25, 0.3) is 0 Å². The molecule has 1 aromatic carbocycles. The van der Waals surface area contributed by atoms with Crippen LogP contribution < -0.4 is 4.90 Å². The van der Waals surface area contributed by atoms with Crippen molar-refractivity contribution in [3.63, 3.8) is 0 Å². The molecule has 0 radical (unpaired) electrons. The molecule has 1 aliphatic rings. The summed E-state index contributed by atoms with van der Waals surface area (Å²) < 4.78 is 0. The number of hydrogen-bond acceptors (Lipinski definition) is 3. The van der Waals surface area contributed by atoms with Gasteiger partial charge in [0.1, 0.15) is 6.07 Å². The highest BCUT2D eigenvalue weighted by Crippen LogP contribution is 2.32. The number of aliphatic hydroxyl groups excluding tert-OH is 1. The third kappa shape index (κ3) is 2.79. The molecule has 2 rings (SSSR count). The van der Waals surface area contributed by atoms with Crippen LogP contribution in [0.15, 0.2) is 18.2 Å². The van der Waals surface area contributed by atoms with E-state index < -0.39 is 6.10 Å². The fourth-order valence-electron chi connectivity index (χ4n) is 2.60. The summed E-state index contributed by atoms with van der Waals surface area (Å²) in [6, 6.07) is 6.68. The van der Waals surface area contributed by atoms with Gasteiger partial charge in [0.15, 0.2) is 0 Å². The van der Waals surface area contributed by atoms with Gasteiger partial charge in [-0.1, -0.05) is 25.4 Å². The molecule has 1 aromatic rings. The molecule has 1 amide bonds. The minimum atomic E-state index is -0.653. The minimum Gasteiger partial charge on any atom is -0.390 e. The summed E-state index contributed by atoms with van der Waals surface area (Å²) in [4.78, 5) is 13.7. The number of halogens is 1. The molecule has 106 valence electrons. The maximum atomic E-state index is 12.1. The van der Waals surface area contributed by atoms with Crippen molar-refractivity contribution in [2.75, 3.05) is 4.90 Å². The van der Waals surface area contributed by atoms with Crippen molar-refractivity contribution in [2.45, 2.75) is 38.8 Å². The second-order valence-corrected chi connectivity index (χ2v) is 5.92. The normalized spacial score (nSPS) is 22.4. The van der Waals surface area contributed by atoms with Crippen molar-refractivity contribution in [1.29, 1.82) is 5.26 Å². The highest BCUT2D eigenvalue weighted by Gasteiger charge is 2.39. The number of hydrogen-bond donors (Lipinski definition) is 1. The summed E-state index contributed by atoms with van der Waals surface area (Å²) >= 11 is 6.02. The third-order valence-corrected chi connectivity index (χ3v) is 3.81. The standard InChI is InChI=1S/C15H17ClN2O2/c1-9(2)5-13-14(19)7-15(20)18(13)11-4-3-10(8-17)12(16)6-11/h3-4,6,9,13-14,19H,5,7H2,1-2H3/t13-,14-/m0/s1. The number of aliphatic hydroxyl groups is 1. The molecule has 1 aliphatic heterocycles. The molecule has 1 fully saturated rings. The summed E-state index contributed by atoms with van der Waals surface area (Å²) in [5.74, 6) is 0.265. The Morgan fingerprint density at radius 3 is 2.80 bits per heavy atom. The molecule has 0 aliphatic carbocycles. The van der Waals surface area contributed by atoms with Gasteiger partial charge in [-0.2, -0.15) is 5.26 Å². The molecule has 5 heteroatoms. The van der Waals surface area contributed by atoms with Gasteiger partial charge in [-0.05, 0) is 30.5 Å². The number of benzene rings is 1. The molecule has 1 saturated heterocycles. The first kappa shape index (κ1) is 14.8. The van der Waals surface area contributed by atoms with Gasteiger partial charge in [-0.3, -0.25) is 4.79 Å². The smallest absolute Gasteiger partial charge is 0.230 e. The lowest BCUT2D eigenvalue weighted by Crippen LogP contribution is -2.38. The predicted octanol–water partition coefficient (Wildman–Crippen LogP) is 2.72. The molecule has 0 aromatic heterocycles. The maximum Gasteiger partial charge on any atom is 0.230 e. The maximum absolute atomic E-state index is 12.1. The molecule has 4 nitrogen and oxygen atoms in total. The predicted molar refractivity (Wildman–Crippen MR) is 77.5 cm³/mol. The average Bonchev–Trinajstić information content (AvgIpc) is 2.63. The van der Waals surface area contributed by atoms with E-state index in [0.29, 0.717) is 22.2 Å². The molecule has 1 N–H and O–H groups in total. The molecule has 1 heterocycles. The van der Waals surface area contributed by atoms with E-state index in [4.69, 9.17) is 16.9 Å². The van der Waals surface area contributed by atoms with Gasteiger partial charge in [0.05, 0.1) is 29.2 Å². The van der Waals surface area contributed by atoms with Crippen LogP contribution in [-0.2, 0) is 4.79 Å². The largest absolute Gasteiger partial charge is 0.390 e. The van der Waals surface area contributed by atoms with Crippen LogP contribution in [-0.4, -0.2) is 23.2 Å². The summed E-state index contributed by atoms with van der Waals surface area (Å²) in [6.45, 7) is 4.11. The van der Waals surface area contributed by atoms with Gasteiger partial charge in [0.25, 0.3) is 0 Å². The van der Waals surface area contributed by atoms with Crippen LogP contribution in [0.1, 0.15) is 32.3 Å². The number of carbonyl (C=O) groups is 1. The second kappa shape index (κ2) is 5.82. The van der Waals surface area contributed by atoms with E-state index in [1.807, 2.05) is 6.07 Å². The Kier molecular flexibility index (Phi) is 4.32. The van der Waals surface area contributed by atoms with Crippen LogP contribution in [0.4, 0.5) is 5.69 Å². The van der Waals surface area contributed by atoms with Gasteiger partial charge >= 0.3 is 0 Å². The molecule has 0 spiro atoms. The highest BCUT2D eigenvalue weighted by atomic mass is 35.5. The molecular weight excluding hydrogens is 276 g/mol. The van der Waals surface area contributed by atoms with Crippen LogP contribution in [0.2, 0.25) is 5.02 Å². The van der Waals surface area contributed by atoms with Crippen molar-refractivity contribution < 1.29 is 9.90 Å². The van der Waals surface area contributed by atoms with E-state index in [-0.39, 0.29) is 18.4 Å². The minimum absolute atomic E-state index is 0.107. The first-order valence-electron chi connectivity index (χ1n) is 6.63. The average molecular weight is 293 g/mol. The first-order chi connectivity index (χ1) is 9.43. The van der Waals surface area contributed by atoms with Gasteiger partial charge in [-0.15, -0.1) is 0 Å². The number of nitriles is 1. The zero-order valence-electron chi connectivity index (χ0n) is 11.5. The number of nitrogens with zero attached hydrogens (tertiary/aromatic N) is 2. The summed E-state index contributed by atoms with van der Waals surface area (Å²) in [5.41, 5.74) is 1.02. The van der Waals surface area contributed by atoms with Crippen molar-refractivity contribution in [1.82, 2.24) is 0 Å². The molecular formula is C15H17ClN2O2. The fraction of sp³-hybridized carbons (Fsp3) is 0.467. The van der Waals surface area contributed by atoms with E-state index in [2.05, 4.69) is 13.8 Å². The number of rotatable bonds is 3. The third-order valence-electron chi connectivity index (χ3n) is 3.49. The topological polar surface area (TPSA) is 64.3 Å². The van der Waals surface area contributed by atoms with Gasteiger partial charge in [0, 0.05) is 5.69 Å². The van der Waals surface area contributed by atoms with Gasteiger partial charge in [0.2, 0.25) is 5.91 Å². The zero-order valence-corrected chi connectivity index (χ0v) is 12.3.